The highest BCUT2D eigenvalue weighted by Crippen LogP contribution is 2.18. The molecule has 1 aromatic carbocycles. The lowest BCUT2D eigenvalue weighted by atomic mass is 10.1. The van der Waals surface area contributed by atoms with Crippen LogP contribution in [0.2, 0.25) is 0 Å². The van der Waals surface area contributed by atoms with E-state index in [-0.39, 0.29) is 5.91 Å². The molecule has 1 N–H and O–H groups in total. The molecular weight excluding hydrogens is 236 g/mol. The Labute approximate surface area is 116 Å². The molecule has 0 saturated carbocycles. The third kappa shape index (κ3) is 4.78. The quantitative estimate of drug-likeness (QED) is 0.600. The lowest BCUT2D eigenvalue weighted by molar-refractivity contribution is 0.0795. The minimum atomic E-state index is 0.0628. The number of rotatable bonds is 7. The highest BCUT2D eigenvalue weighted by molar-refractivity contribution is 5.99. The average molecular weight is 260 g/mol. The highest BCUT2D eigenvalue weighted by Gasteiger charge is 2.15. The van der Waals surface area contributed by atoms with Crippen molar-refractivity contribution in [3.05, 3.63) is 42.5 Å². The van der Waals surface area contributed by atoms with Crippen molar-refractivity contribution >= 4 is 11.6 Å². The smallest absolute Gasteiger partial charge is 0.255 e. The Bertz CT molecular complexity index is 427. The maximum atomic E-state index is 12.4. The summed E-state index contributed by atoms with van der Waals surface area (Å²) in [4.78, 5) is 14.2. The molecule has 0 fully saturated rings. The van der Waals surface area contributed by atoms with Gasteiger partial charge in [0.2, 0.25) is 0 Å². The van der Waals surface area contributed by atoms with E-state index in [1.807, 2.05) is 37.4 Å². The number of hydrogen-bond donors (Lipinski definition) is 1. The van der Waals surface area contributed by atoms with Crippen LogP contribution in [-0.2, 0) is 0 Å². The zero-order valence-electron chi connectivity index (χ0n) is 12.1. The summed E-state index contributed by atoms with van der Waals surface area (Å²) in [5.41, 5.74) is 1.63. The van der Waals surface area contributed by atoms with Crippen LogP contribution in [0.1, 0.15) is 37.0 Å². The Hall–Kier alpha value is -1.77. The van der Waals surface area contributed by atoms with Crippen LogP contribution in [0.5, 0.6) is 0 Å². The van der Waals surface area contributed by atoms with E-state index in [1.165, 1.54) is 0 Å². The molecule has 0 radical (unpaired) electrons. The van der Waals surface area contributed by atoms with Crippen LogP contribution >= 0.6 is 0 Å². The third-order valence-electron chi connectivity index (χ3n) is 2.85. The first-order valence-electron chi connectivity index (χ1n) is 6.78. The zero-order chi connectivity index (χ0) is 14.3. The predicted molar refractivity (Wildman–Crippen MR) is 81.6 cm³/mol. The minimum Gasteiger partial charge on any atom is -0.382 e. The number of unbranched alkanes of at least 4 members (excludes halogenated alkanes) is 1. The molecule has 3 nitrogen and oxygen atoms in total. The molecule has 104 valence electrons. The van der Waals surface area contributed by atoms with E-state index in [0.717, 1.165) is 30.6 Å². The van der Waals surface area contributed by atoms with E-state index >= 15 is 0 Å². The van der Waals surface area contributed by atoms with Gasteiger partial charge in [0.25, 0.3) is 5.91 Å². The van der Waals surface area contributed by atoms with E-state index in [0.29, 0.717) is 6.04 Å². The first-order valence-corrected chi connectivity index (χ1v) is 6.78. The summed E-state index contributed by atoms with van der Waals surface area (Å²) in [6.07, 6.45) is 3.77. The van der Waals surface area contributed by atoms with Crippen LogP contribution in [0.4, 0.5) is 5.69 Å². The molecule has 1 rings (SSSR count). The zero-order valence-corrected chi connectivity index (χ0v) is 12.1. The fourth-order valence-electron chi connectivity index (χ4n) is 1.89. The van der Waals surface area contributed by atoms with Crippen LogP contribution < -0.4 is 5.32 Å². The second kappa shape index (κ2) is 7.62. The summed E-state index contributed by atoms with van der Waals surface area (Å²) < 4.78 is 0. The second-order valence-corrected chi connectivity index (χ2v) is 5.00. The van der Waals surface area contributed by atoms with Gasteiger partial charge in [0.05, 0.1) is 5.56 Å². The maximum absolute atomic E-state index is 12.4. The number of nitrogens with zero attached hydrogens (tertiary/aromatic N) is 1. The number of allylic oxidation sites excluding steroid dienone is 1. The number of hydrogen-bond acceptors (Lipinski definition) is 2. The van der Waals surface area contributed by atoms with Crippen molar-refractivity contribution in [2.75, 3.05) is 18.9 Å². The van der Waals surface area contributed by atoms with Gasteiger partial charge in [-0.05, 0) is 38.8 Å². The normalized spacial score (nSPS) is 10.3. The van der Waals surface area contributed by atoms with Gasteiger partial charge >= 0.3 is 0 Å². The number of anilines is 1. The monoisotopic (exact) mass is 260 g/mol. The number of para-hydroxylation sites is 1. The Morgan fingerprint density at radius 1 is 1.42 bits per heavy atom. The van der Waals surface area contributed by atoms with Gasteiger partial charge < -0.3 is 10.2 Å². The lowest BCUT2D eigenvalue weighted by Crippen LogP contribution is -2.28. The fourth-order valence-corrected chi connectivity index (χ4v) is 1.89. The van der Waals surface area contributed by atoms with Crippen molar-refractivity contribution in [3.63, 3.8) is 0 Å². The number of carbonyl (C=O) groups excluding carboxylic acids is 1. The van der Waals surface area contributed by atoms with E-state index in [4.69, 9.17) is 0 Å². The van der Waals surface area contributed by atoms with E-state index < -0.39 is 0 Å². The van der Waals surface area contributed by atoms with Crippen LogP contribution in [0, 0.1) is 0 Å². The van der Waals surface area contributed by atoms with Crippen LogP contribution in [0.15, 0.2) is 36.9 Å². The first kappa shape index (κ1) is 15.3. The Kier molecular flexibility index (Phi) is 6.13. The Morgan fingerprint density at radius 2 is 2.11 bits per heavy atom. The number of amides is 1. The molecule has 1 aromatic rings. The first-order chi connectivity index (χ1) is 9.06. The second-order valence-electron chi connectivity index (χ2n) is 5.00. The summed E-state index contributed by atoms with van der Waals surface area (Å²) in [7, 11) is 1.84. The molecule has 0 heterocycles. The SMILES string of the molecule is C=CCCCN(C)C(=O)c1ccccc1NC(C)C. The topological polar surface area (TPSA) is 32.3 Å². The lowest BCUT2D eigenvalue weighted by Gasteiger charge is -2.20. The minimum absolute atomic E-state index is 0.0628. The molecule has 0 aliphatic carbocycles. The summed E-state index contributed by atoms with van der Waals surface area (Å²) in [6, 6.07) is 7.97. The van der Waals surface area contributed by atoms with Gasteiger partial charge in [0.1, 0.15) is 0 Å². The van der Waals surface area contributed by atoms with Gasteiger partial charge in [-0.15, -0.1) is 6.58 Å². The van der Waals surface area contributed by atoms with E-state index in [9.17, 15) is 4.79 Å². The largest absolute Gasteiger partial charge is 0.382 e. The average Bonchev–Trinajstić information content (AvgIpc) is 2.38. The summed E-state index contributed by atoms with van der Waals surface area (Å²) in [5.74, 6) is 0.0628. The van der Waals surface area contributed by atoms with E-state index in [1.54, 1.807) is 4.90 Å². The molecule has 0 saturated heterocycles. The molecule has 0 aliphatic rings. The van der Waals surface area contributed by atoms with Gasteiger partial charge in [0.15, 0.2) is 0 Å². The molecule has 3 heteroatoms. The van der Waals surface area contributed by atoms with Gasteiger partial charge in [-0.2, -0.15) is 0 Å². The van der Waals surface area contributed by atoms with Crippen molar-refractivity contribution in [2.45, 2.75) is 32.7 Å². The maximum Gasteiger partial charge on any atom is 0.255 e. The Morgan fingerprint density at radius 3 is 2.74 bits per heavy atom. The number of benzene rings is 1. The molecule has 19 heavy (non-hydrogen) atoms. The van der Waals surface area contributed by atoms with Crippen molar-refractivity contribution in [1.29, 1.82) is 0 Å². The Balaban J connectivity index is 2.77. The van der Waals surface area contributed by atoms with Crippen LogP contribution in [0.25, 0.3) is 0 Å². The molecule has 0 bridgehead atoms. The third-order valence-corrected chi connectivity index (χ3v) is 2.85. The molecule has 0 atom stereocenters. The summed E-state index contributed by atoms with van der Waals surface area (Å²) in [6.45, 7) is 8.57. The van der Waals surface area contributed by atoms with Crippen molar-refractivity contribution in [1.82, 2.24) is 4.90 Å². The highest BCUT2D eigenvalue weighted by atomic mass is 16.2. The van der Waals surface area contributed by atoms with Gasteiger partial charge in [-0.1, -0.05) is 18.2 Å². The number of carbonyl (C=O) groups is 1. The summed E-state index contributed by atoms with van der Waals surface area (Å²) >= 11 is 0. The molecule has 0 spiro atoms. The van der Waals surface area contributed by atoms with Crippen LogP contribution in [0.3, 0.4) is 0 Å². The van der Waals surface area contributed by atoms with Crippen molar-refractivity contribution in [2.24, 2.45) is 0 Å². The summed E-state index contributed by atoms with van der Waals surface area (Å²) in [5, 5.41) is 3.31. The molecule has 0 unspecified atom stereocenters. The molecule has 0 aromatic heterocycles. The van der Waals surface area contributed by atoms with Gasteiger partial charge in [-0.25, -0.2) is 0 Å². The van der Waals surface area contributed by atoms with E-state index in [2.05, 4.69) is 25.7 Å². The molecular formula is C16H24N2O. The van der Waals surface area contributed by atoms with Crippen molar-refractivity contribution in [3.8, 4) is 0 Å². The fraction of sp³-hybridized carbons (Fsp3) is 0.438. The predicted octanol–water partition coefficient (Wildman–Crippen LogP) is 3.55. The number of nitrogens with one attached hydrogen (secondary N) is 1. The van der Waals surface area contributed by atoms with Crippen molar-refractivity contribution < 1.29 is 4.79 Å². The van der Waals surface area contributed by atoms with Crippen LogP contribution in [-0.4, -0.2) is 30.4 Å². The standard InChI is InChI=1S/C16H24N2O/c1-5-6-9-12-18(4)16(19)14-10-7-8-11-15(14)17-13(2)3/h5,7-8,10-11,13,17H,1,6,9,12H2,2-4H3. The van der Waals surface area contributed by atoms with Gasteiger partial charge in [0, 0.05) is 25.3 Å². The molecule has 1 amide bonds. The van der Waals surface area contributed by atoms with Gasteiger partial charge in [-0.3, -0.25) is 4.79 Å². The molecule has 0 aliphatic heterocycles.